The number of carboxylic acids is 1. The third kappa shape index (κ3) is 2.52. The summed E-state index contributed by atoms with van der Waals surface area (Å²) in [6.07, 6.45) is 0.609. The van der Waals surface area contributed by atoms with Gasteiger partial charge < -0.3 is 10.0 Å². The maximum atomic E-state index is 14.0. The van der Waals surface area contributed by atoms with Gasteiger partial charge in [-0.1, -0.05) is 11.6 Å². The number of hydrogen-bond donors (Lipinski definition) is 1. The molecular weight excluding hydrogens is 245 g/mol. The van der Waals surface area contributed by atoms with Gasteiger partial charge >= 0.3 is 5.97 Å². The van der Waals surface area contributed by atoms with Crippen LogP contribution in [0.5, 0.6) is 0 Å². The van der Waals surface area contributed by atoms with Crippen LogP contribution in [0, 0.1) is 0 Å². The summed E-state index contributed by atoms with van der Waals surface area (Å²) >= 11 is 5.77. The average Bonchev–Trinajstić information content (AvgIpc) is 2.30. The van der Waals surface area contributed by atoms with Crippen molar-refractivity contribution in [3.63, 3.8) is 0 Å². The molecule has 0 aliphatic carbocycles. The Labute approximate surface area is 104 Å². The molecule has 92 valence electrons. The van der Waals surface area contributed by atoms with Crippen molar-refractivity contribution in [3.05, 3.63) is 29.3 Å². The van der Waals surface area contributed by atoms with E-state index in [0.717, 1.165) is 5.69 Å². The molecule has 0 aromatic heterocycles. The Morgan fingerprint density at radius 3 is 2.65 bits per heavy atom. The fourth-order valence-corrected chi connectivity index (χ4v) is 2.18. The van der Waals surface area contributed by atoms with Crippen molar-refractivity contribution in [2.75, 3.05) is 18.0 Å². The molecule has 3 nitrogen and oxygen atoms in total. The number of alkyl halides is 1. The predicted molar refractivity (Wildman–Crippen MR) is 64.4 cm³/mol. The van der Waals surface area contributed by atoms with Crippen LogP contribution in [0.3, 0.4) is 0 Å². The molecule has 0 bridgehead atoms. The smallest absolute Gasteiger partial charge is 0.343 e. The Kier molecular flexibility index (Phi) is 3.24. The molecule has 2 rings (SSSR count). The van der Waals surface area contributed by atoms with Gasteiger partial charge in [-0.05, 0) is 37.1 Å². The van der Waals surface area contributed by atoms with E-state index in [4.69, 9.17) is 16.7 Å². The monoisotopic (exact) mass is 257 g/mol. The van der Waals surface area contributed by atoms with Gasteiger partial charge in [0.2, 0.25) is 5.67 Å². The molecule has 0 radical (unpaired) electrons. The maximum Gasteiger partial charge on any atom is 0.343 e. The molecule has 1 unspecified atom stereocenters. The zero-order valence-corrected chi connectivity index (χ0v) is 9.95. The molecule has 1 aliphatic heterocycles. The second-order valence-corrected chi connectivity index (χ2v) is 4.71. The highest BCUT2D eigenvalue weighted by molar-refractivity contribution is 6.30. The molecule has 1 aromatic carbocycles. The first-order chi connectivity index (χ1) is 8.01. The lowest BCUT2D eigenvalue weighted by Crippen LogP contribution is -2.50. The topological polar surface area (TPSA) is 40.5 Å². The minimum atomic E-state index is -2.14. The van der Waals surface area contributed by atoms with Gasteiger partial charge in [0.15, 0.2) is 0 Å². The van der Waals surface area contributed by atoms with Crippen LogP contribution in [-0.2, 0) is 4.79 Å². The molecule has 1 aromatic rings. The highest BCUT2D eigenvalue weighted by Crippen LogP contribution is 2.29. The number of anilines is 1. The summed E-state index contributed by atoms with van der Waals surface area (Å²) in [5, 5.41) is 9.49. The molecule has 1 saturated heterocycles. The fraction of sp³-hybridized carbons (Fsp3) is 0.417. The van der Waals surface area contributed by atoms with Crippen molar-refractivity contribution in [1.29, 1.82) is 0 Å². The minimum absolute atomic E-state index is 0.0758. The van der Waals surface area contributed by atoms with Gasteiger partial charge in [0.05, 0.1) is 6.54 Å². The first-order valence-electron chi connectivity index (χ1n) is 5.44. The lowest BCUT2D eigenvalue weighted by Gasteiger charge is -2.36. The molecular formula is C12H13ClFNO2. The second-order valence-electron chi connectivity index (χ2n) is 4.27. The second kappa shape index (κ2) is 4.53. The normalized spacial score (nSPS) is 24.7. The van der Waals surface area contributed by atoms with E-state index in [1.807, 2.05) is 0 Å². The van der Waals surface area contributed by atoms with E-state index in [2.05, 4.69) is 0 Å². The van der Waals surface area contributed by atoms with Crippen molar-refractivity contribution < 1.29 is 14.3 Å². The lowest BCUT2D eigenvalue weighted by atomic mass is 9.94. The van der Waals surface area contributed by atoms with Crippen molar-refractivity contribution in [2.24, 2.45) is 0 Å². The summed E-state index contributed by atoms with van der Waals surface area (Å²) in [6, 6.07) is 6.98. The van der Waals surface area contributed by atoms with Gasteiger partial charge in [-0.15, -0.1) is 0 Å². The largest absolute Gasteiger partial charge is 0.479 e. The zero-order chi connectivity index (χ0) is 12.5. The quantitative estimate of drug-likeness (QED) is 0.886. The molecule has 0 amide bonds. The van der Waals surface area contributed by atoms with Crippen LogP contribution in [0.25, 0.3) is 0 Å². The van der Waals surface area contributed by atoms with Crippen LogP contribution in [-0.4, -0.2) is 29.8 Å². The summed E-state index contributed by atoms with van der Waals surface area (Å²) in [5.41, 5.74) is -1.34. The van der Waals surface area contributed by atoms with Gasteiger partial charge in [0.25, 0.3) is 0 Å². The number of hydrogen-bond acceptors (Lipinski definition) is 2. The van der Waals surface area contributed by atoms with Gasteiger partial charge in [-0.25, -0.2) is 9.18 Å². The van der Waals surface area contributed by atoms with E-state index in [9.17, 15) is 9.18 Å². The van der Waals surface area contributed by atoms with E-state index in [-0.39, 0.29) is 13.0 Å². The number of benzene rings is 1. The fourth-order valence-electron chi connectivity index (χ4n) is 2.06. The van der Waals surface area contributed by atoms with E-state index < -0.39 is 11.6 Å². The molecule has 0 spiro atoms. The van der Waals surface area contributed by atoms with Gasteiger partial charge in [0.1, 0.15) is 0 Å². The number of piperidine rings is 1. The summed E-state index contributed by atoms with van der Waals surface area (Å²) in [6.45, 7) is 0.560. The van der Waals surface area contributed by atoms with Crippen LogP contribution in [0.1, 0.15) is 12.8 Å². The summed E-state index contributed by atoms with van der Waals surface area (Å²) in [4.78, 5) is 12.6. The Morgan fingerprint density at radius 2 is 2.06 bits per heavy atom. The first-order valence-corrected chi connectivity index (χ1v) is 5.82. The minimum Gasteiger partial charge on any atom is -0.479 e. The van der Waals surface area contributed by atoms with Crippen molar-refractivity contribution in [3.8, 4) is 0 Å². The van der Waals surface area contributed by atoms with Crippen LogP contribution in [0.15, 0.2) is 24.3 Å². The van der Waals surface area contributed by atoms with Crippen molar-refractivity contribution in [1.82, 2.24) is 0 Å². The maximum absolute atomic E-state index is 14.0. The lowest BCUT2D eigenvalue weighted by molar-refractivity contribution is -0.151. The van der Waals surface area contributed by atoms with Gasteiger partial charge in [0, 0.05) is 17.3 Å². The third-order valence-electron chi connectivity index (χ3n) is 3.02. The van der Waals surface area contributed by atoms with E-state index in [0.29, 0.717) is 18.0 Å². The standard InChI is InChI=1S/C12H13ClFNO2/c13-9-2-4-10(5-3-9)15-7-1-6-12(14,8-15)11(16)17/h2-5H,1,6-8H2,(H,16,17). The number of rotatable bonds is 2. The van der Waals surface area contributed by atoms with E-state index in [1.165, 1.54) is 0 Å². The van der Waals surface area contributed by atoms with Crippen LogP contribution >= 0.6 is 11.6 Å². The molecule has 1 fully saturated rings. The number of nitrogens with zero attached hydrogens (tertiary/aromatic N) is 1. The van der Waals surface area contributed by atoms with Gasteiger partial charge in [-0.2, -0.15) is 0 Å². The molecule has 5 heteroatoms. The third-order valence-corrected chi connectivity index (χ3v) is 3.27. The van der Waals surface area contributed by atoms with Crippen molar-refractivity contribution >= 4 is 23.3 Å². The van der Waals surface area contributed by atoms with Crippen molar-refractivity contribution in [2.45, 2.75) is 18.5 Å². The SMILES string of the molecule is O=C(O)C1(F)CCCN(c2ccc(Cl)cc2)C1. The summed E-state index contributed by atoms with van der Waals surface area (Å²) in [5.74, 6) is -1.38. The molecule has 1 N–H and O–H groups in total. The molecule has 1 atom stereocenters. The Morgan fingerprint density at radius 1 is 1.41 bits per heavy atom. The van der Waals surface area contributed by atoms with Crippen LogP contribution < -0.4 is 4.90 Å². The first kappa shape index (κ1) is 12.2. The number of carboxylic acid groups (broad SMARTS) is 1. The molecule has 1 heterocycles. The number of halogens is 2. The predicted octanol–water partition coefficient (Wildman–Crippen LogP) is 2.73. The Balaban J connectivity index is 2.17. The summed E-state index contributed by atoms with van der Waals surface area (Å²) in [7, 11) is 0. The molecule has 1 aliphatic rings. The van der Waals surface area contributed by atoms with Gasteiger partial charge in [-0.3, -0.25) is 0 Å². The zero-order valence-electron chi connectivity index (χ0n) is 9.20. The Bertz CT molecular complexity index is 423. The average molecular weight is 258 g/mol. The Hall–Kier alpha value is -1.29. The van der Waals surface area contributed by atoms with E-state index >= 15 is 0 Å². The summed E-state index contributed by atoms with van der Waals surface area (Å²) < 4.78 is 14.0. The molecule has 0 saturated carbocycles. The number of carbonyl (C=O) groups is 1. The van der Waals surface area contributed by atoms with Crippen LogP contribution in [0.4, 0.5) is 10.1 Å². The highest BCUT2D eigenvalue weighted by Gasteiger charge is 2.42. The highest BCUT2D eigenvalue weighted by atomic mass is 35.5. The molecule has 17 heavy (non-hydrogen) atoms. The van der Waals surface area contributed by atoms with Crippen LogP contribution in [0.2, 0.25) is 5.02 Å². The number of aliphatic carboxylic acids is 1. The van der Waals surface area contributed by atoms with E-state index in [1.54, 1.807) is 29.2 Å².